The van der Waals surface area contributed by atoms with E-state index >= 15 is 0 Å². The molecule has 1 amide bonds. The van der Waals surface area contributed by atoms with Crippen LogP contribution in [0.1, 0.15) is 9.80 Å². The molecule has 3 rings (SSSR count). The lowest BCUT2D eigenvalue weighted by atomic mass is 10.2. The monoisotopic (exact) mass is 336 g/mol. The number of nitrogens with one attached hydrogen (secondary N) is 1. The first kappa shape index (κ1) is 15.4. The summed E-state index contributed by atoms with van der Waals surface area (Å²) in [6, 6.07) is 7.44. The second-order valence-corrected chi connectivity index (χ2v) is 6.57. The second-order valence-electron chi connectivity index (χ2n) is 5.28. The van der Waals surface area contributed by atoms with Crippen molar-refractivity contribution in [1.82, 2.24) is 20.3 Å². The van der Waals surface area contributed by atoms with Crippen LogP contribution in [-0.2, 0) is 0 Å². The van der Waals surface area contributed by atoms with Crippen LogP contribution in [0.2, 0.25) is 5.02 Å². The Bertz CT molecular complexity index is 650. The van der Waals surface area contributed by atoms with Crippen LogP contribution in [0.5, 0.6) is 0 Å². The Hall–Kier alpha value is -1.47. The summed E-state index contributed by atoms with van der Waals surface area (Å²) >= 11 is 7.24. The van der Waals surface area contributed by atoms with Crippen LogP contribution in [0.25, 0.3) is 11.3 Å². The summed E-state index contributed by atoms with van der Waals surface area (Å²) in [7, 11) is 2.08. The van der Waals surface area contributed by atoms with E-state index in [9.17, 15) is 4.79 Å². The summed E-state index contributed by atoms with van der Waals surface area (Å²) in [5, 5.41) is 5.00. The minimum absolute atomic E-state index is 0.144. The highest BCUT2D eigenvalue weighted by atomic mass is 35.5. The van der Waals surface area contributed by atoms with E-state index in [0.717, 1.165) is 37.4 Å². The summed E-state index contributed by atoms with van der Waals surface area (Å²) in [5.74, 6) is -0.144. The van der Waals surface area contributed by atoms with Gasteiger partial charge in [-0.15, -0.1) is 11.3 Å². The molecule has 0 bridgehead atoms. The van der Waals surface area contributed by atoms with Gasteiger partial charge in [-0.2, -0.15) is 0 Å². The average Bonchev–Trinajstić information content (AvgIpc) is 3.00. The average molecular weight is 337 g/mol. The third-order valence-corrected chi connectivity index (χ3v) is 4.69. The van der Waals surface area contributed by atoms with Gasteiger partial charge in [-0.05, 0) is 19.2 Å². The molecule has 0 unspecified atom stereocenters. The Morgan fingerprint density at radius 1 is 1.23 bits per heavy atom. The van der Waals surface area contributed by atoms with Crippen molar-refractivity contribution in [2.24, 2.45) is 0 Å². The number of amides is 1. The van der Waals surface area contributed by atoms with E-state index in [-0.39, 0.29) is 5.91 Å². The largest absolute Gasteiger partial charge is 0.304 e. The van der Waals surface area contributed by atoms with Crippen LogP contribution >= 0.6 is 22.9 Å². The number of benzene rings is 1. The fourth-order valence-corrected chi connectivity index (χ4v) is 3.08. The van der Waals surface area contributed by atoms with Crippen molar-refractivity contribution in [2.45, 2.75) is 0 Å². The maximum atomic E-state index is 12.3. The number of likely N-dealkylation sites (N-methyl/N-ethyl adjacent to an activating group) is 1. The fraction of sp³-hybridized carbons (Fsp3) is 0.333. The summed E-state index contributed by atoms with van der Waals surface area (Å²) in [5.41, 5.74) is 4.68. The van der Waals surface area contributed by atoms with E-state index in [4.69, 9.17) is 11.6 Å². The van der Waals surface area contributed by atoms with Gasteiger partial charge in [-0.1, -0.05) is 23.7 Å². The van der Waals surface area contributed by atoms with Crippen LogP contribution < -0.4 is 5.43 Å². The van der Waals surface area contributed by atoms with Gasteiger partial charge in [0, 0.05) is 42.1 Å². The molecule has 0 radical (unpaired) electrons. The zero-order chi connectivity index (χ0) is 15.5. The molecule has 1 aromatic carbocycles. The predicted molar refractivity (Wildman–Crippen MR) is 89.1 cm³/mol. The van der Waals surface area contributed by atoms with Gasteiger partial charge in [0.1, 0.15) is 0 Å². The number of aromatic nitrogens is 1. The summed E-state index contributed by atoms with van der Waals surface area (Å²) in [6.45, 7) is 3.57. The molecule has 1 N–H and O–H groups in total. The Balaban J connectivity index is 1.65. The molecule has 1 aliphatic rings. The zero-order valence-electron chi connectivity index (χ0n) is 12.3. The zero-order valence-corrected chi connectivity index (χ0v) is 13.8. The Kier molecular flexibility index (Phi) is 4.73. The van der Waals surface area contributed by atoms with Gasteiger partial charge in [0.15, 0.2) is 5.01 Å². The lowest BCUT2D eigenvalue weighted by Gasteiger charge is -2.32. The minimum atomic E-state index is -0.144. The van der Waals surface area contributed by atoms with Crippen LogP contribution in [0.15, 0.2) is 29.6 Å². The van der Waals surface area contributed by atoms with E-state index in [1.165, 1.54) is 11.3 Å². The Morgan fingerprint density at radius 3 is 2.59 bits per heavy atom. The van der Waals surface area contributed by atoms with Crippen LogP contribution in [0.3, 0.4) is 0 Å². The molecule has 22 heavy (non-hydrogen) atoms. The number of hydrogen-bond acceptors (Lipinski definition) is 5. The molecule has 0 atom stereocenters. The quantitative estimate of drug-likeness (QED) is 0.934. The van der Waals surface area contributed by atoms with Gasteiger partial charge >= 0.3 is 0 Å². The van der Waals surface area contributed by atoms with Crippen molar-refractivity contribution >= 4 is 28.8 Å². The number of hydrazine groups is 1. The molecule has 7 heteroatoms. The van der Waals surface area contributed by atoms with Gasteiger partial charge < -0.3 is 4.90 Å². The first-order valence-electron chi connectivity index (χ1n) is 7.08. The lowest BCUT2D eigenvalue weighted by Crippen LogP contribution is -2.52. The summed E-state index contributed by atoms with van der Waals surface area (Å²) < 4.78 is 0. The summed E-state index contributed by atoms with van der Waals surface area (Å²) in [4.78, 5) is 18.9. The maximum absolute atomic E-state index is 12.3. The van der Waals surface area contributed by atoms with Crippen molar-refractivity contribution in [3.8, 4) is 11.3 Å². The van der Waals surface area contributed by atoms with Crippen LogP contribution in [-0.4, -0.2) is 54.0 Å². The first-order valence-corrected chi connectivity index (χ1v) is 8.33. The highest BCUT2D eigenvalue weighted by molar-refractivity contribution is 7.12. The number of carbonyl (C=O) groups excluding carboxylic acids is 1. The fourth-order valence-electron chi connectivity index (χ4n) is 2.24. The lowest BCUT2D eigenvalue weighted by molar-refractivity contribution is 0.0662. The van der Waals surface area contributed by atoms with E-state index in [1.807, 2.05) is 34.7 Å². The first-order chi connectivity index (χ1) is 10.6. The van der Waals surface area contributed by atoms with E-state index < -0.39 is 0 Å². The van der Waals surface area contributed by atoms with Crippen LogP contribution in [0, 0.1) is 0 Å². The number of halogens is 1. The molecule has 116 valence electrons. The molecule has 1 aromatic heterocycles. The highest BCUT2D eigenvalue weighted by Crippen LogP contribution is 2.23. The maximum Gasteiger partial charge on any atom is 0.294 e. The van der Waals surface area contributed by atoms with Crippen molar-refractivity contribution in [3.63, 3.8) is 0 Å². The molecule has 1 fully saturated rings. The minimum Gasteiger partial charge on any atom is -0.304 e. The number of nitrogens with zero attached hydrogens (tertiary/aromatic N) is 3. The molecule has 2 aromatic rings. The number of hydrogen-bond donors (Lipinski definition) is 1. The molecule has 0 aliphatic carbocycles. The number of thiazole rings is 1. The normalized spacial score (nSPS) is 16.6. The molecule has 0 spiro atoms. The van der Waals surface area contributed by atoms with Gasteiger partial charge in [0.25, 0.3) is 5.91 Å². The second kappa shape index (κ2) is 6.75. The Labute approximate surface area is 138 Å². The number of piperazine rings is 1. The summed E-state index contributed by atoms with van der Waals surface area (Å²) in [6.07, 6.45) is 0. The van der Waals surface area contributed by atoms with Crippen molar-refractivity contribution in [2.75, 3.05) is 33.2 Å². The van der Waals surface area contributed by atoms with Gasteiger partial charge in [-0.25, -0.2) is 9.99 Å². The number of rotatable bonds is 3. The molecule has 0 saturated carbocycles. The van der Waals surface area contributed by atoms with E-state index in [0.29, 0.717) is 10.0 Å². The predicted octanol–water partition coefficient (Wildman–Crippen LogP) is 2.36. The molecular weight excluding hydrogens is 320 g/mol. The van der Waals surface area contributed by atoms with Crippen molar-refractivity contribution < 1.29 is 4.79 Å². The van der Waals surface area contributed by atoms with E-state index in [2.05, 4.69) is 22.4 Å². The number of carbonyl (C=O) groups is 1. The van der Waals surface area contributed by atoms with Gasteiger partial charge in [0.2, 0.25) is 0 Å². The topological polar surface area (TPSA) is 48.5 Å². The molecule has 1 aliphatic heterocycles. The van der Waals surface area contributed by atoms with Crippen molar-refractivity contribution in [1.29, 1.82) is 0 Å². The van der Waals surface area contributed by atoms with Gasteiger partial charge in [0.05, 0.1) is 5.69 Å². The molecular formula is C15H17ClN4OS. The third-order valence-electron chi connectivity index (χ3n) is 3.60. The van der Waals surface area contributed by atoms with E-state index in [1.54, 1.807) is 0 Å². The molecule has 5 nitrogen and oxygen atoms in total. The van der Waals surface area contributed by atoms with Crippen LogP contribution in [0.4, 0.5) is 0 Å². The third kappa shape index (κ3) is 3.64. The standard InChI is InChI=1S/C15H17ClN4OS/c1-19-6-8-20(9-7-19)18-14(21)15-17-13(10-22-15)11-2-4-12(16)5-3-11/h2-5,10H,6-9H2,1H3,(H,18,21). The van der Waals surface area contributed by atoms with Gasteiger partial charge in [-0.3, -0.25) is 10.2 Å². The van der Waals surface area contributed by atoms with Crippen molar-refractivity contribution in [3.05, 3.63) is 39.7 Å². The molecule has 1 saturated heterocycles. The SMILES string of the molecule is CN1CCN(NC(=O)c2nc(-c3ccc(Cl)cc3)cs2)CC1. The smallest absolute Gasteiger partial charge is 0.294 e. The molecule has 2 heterocycles. The highest BCUT2D eigenvalue weighted by Gasteiger charge is 2.18. The Morgan fingerprint density at radius 2 is 1.91 bits per heavy atom.